The van der Waals surface area contributed by atoms with E-state index in [2.05, 4.69) is 43.2 Å². The number of halogens is 2. The molecule has 6 heterocycles. The molecule has 0 aliphatic carbocycles. The molecule has 58 heavy (non-hydrogen) atoms. The van der Waals surface area contributed by atoms with Gasteiger partial charge in [-0.3, -0.25) is 14.5 Å². The number of piperidine rings is 1. The van der Waals surface area contributed by atoms with Gasteiger partial charge < -0.3 is 40.4 Å². The van der Waals surface area contributed by atoms with E-state index in [9.17, 15) is 18.4 Å². The molecule has 0 atom stereocenters. The molecule has 300 valence electrons. The van der Waals surface area contributed by atoms with Crippen LogP contribution in [0.15, 0.2) is 72.8 Å². The van der Waals surface area contributed by atoms with E-state index >= 15 is 0 Å². The van der Waals surface area contributed by atoms with Gasteiger partial charge in [-0.2, -0.15) is 0 Å². The fourth-order valence-electron chi connectivity index (χ4n) is 8.41. The Hall–Kier alpha value is -5.76. The summed E-state index contributed by atoms with van der Waals surface area (Å²) in [7, 11) is 0. The molecular formula is C45H46F2N6O5. The number of likely N-dealkylation sites (tertiary alicyclic amines) is 1. The lowest BCUT2D eigenvalue weighted by Crippen LogP contribution is -2.39. The van der Waals surface area contributed by atoms with Gasteiger partial charge in [0.1, 0.15) is 36.4 Å². The van der Waals surface area contributed by atoms with Crippen LogP contribution < -0.4 is 21.3 Å². The van der Waals surface area contributed by atoms with Crippen molar-refractivity contribution in [3.05, 3.63) is 118 Å². The molecular weight excluding hydrogens is 743 g/mol. The highest BCUT2D eigenvalue weighted by atomic mass is 19.1. The number of morpholine rings is 1. The third-order valence-electron chi connectivity index (χ3n) is 11.4. The maximum atomic E-state index is 13.7. The van der Waals surface area contributed by atoms with Gasteiger partial charge in [0.05, 0.1) is 24.4 Å². The van der Waals surface area contributed by atoms with Crippen LogP contribution in [0.5, 0.6) is 0 Å². The number of benzene rings is 4. The lowest BCUT2D eigenvalue weighted by Gasteiger charge is -2.26. The molecule has 0 radical (unpaired) electrons. The summed E-state index contributed by atoms with van der Waals surface area (Å²) in [5.41, 5.74) is 9.04. The van der Waals surface area contributed by atoms with E-state index in [1.165, 1.54) is 56.6 Å². The zero-order chi connectivity index (χ0) is 39.6. The minimum Gasteiger partial charge on any atom is -0.487 e. The van der Waals surface area contributed by atoms with Crippen LogP contribution in [-0.4, -0.2) is 87.2 Å². The average Bonchev–Trinajstić information content (AvgIpc) is 4.00. The predicted octanol–water partition coefficient (Wildman–Crippen LogP) is 6.99. The first-order chi connectivity index (χ1) is 28.4. The largest absolute Gasteiger partial charge is 0.487 e. The fourth-order valence-corrected chi connectivity index (χ4v) is 8.41. The van der Waals surface area contributed by atoms with Crippen molar-refractivity contribution in [1.82, 2.24) is 9.80 Å². The SMILES string of the molecule is O=C1Nc2ccc(F)cc2C1=C1OCc2cc(NCCN3CCCCC3)ccc21.O=C1Nc2ccc(F)cc2C1=C1OCc2cc(NCCN3CCOCC3)ccc21. The summed E-state index contributed by atoms with van der Waals surface area (Å²) in [4.78, 5) is 29.9. The summed E-state index contributed by atoms with van der Waals surface area (Å²) in [5.74, 6) is -0.219. The second-order valence-corrected chi connectivity index (χ2v) is 15.2. The maximum absolute atomic E-state index is 13.7. The Balaban J connectivity index is 0.000000150. The van der Waals surface area contributed by atoms with Gasteiger partial charge in [0.2, 0.25) is 0 Å². The molecule has 6 aliphatic rings. The molecule has 2 amide bonds. The van der Waals surface area contributed by atoms with Gasteiger partial charge in [0.15, 0.2) is 0 Å². The molecule has 4 aromatic rings. The molecule has 0 spiro atoms. The first-order valence-corrected chi connectivity index (χ1v) is 20.1. The van der Waals surface area contributed by atoms with E-state index in [4.69, 9.17) is 14.2 Å². The summed E-state index contributed by atoms with van der Waals surface area (Å²) in [6.45, 7) is 10.5. The molecule has 10 rings (SSSR count). The smallest absolute Gasteiger partial charge is 0.260 e. The van der Waals surface area contributed by atoms with Gasteiger partial charge in [-0.15, -0.1) is 0 Å². The van der Waals surface area contributed by atoms with Gasteiger partial charge in [-0.1, -0.05) is 6.42 Å². The van der Waals surface area contributed by atoms with Crippen molar-refractivity contribution in [3.63, 3.8) is 0 Å². The molecule has 4 N–H and O–H groups in total. The van der Waals surface area contributed by atoms with Crippen LogP contribution in [0.3, 0.4) is 0 Å². The van der Waals surface area contributed by atoms with Gasteiger partial charge in [-0.25, -0.2) is 8.78 Å². The second-order valence-electron chi connectivity index (χ2n) is 15.2. The zero-order valence-electron chi connectivity index (χ0n) is 32.2. The monoisotopic (exact) mass is 788 g/mol. The standard InChI is InChI=1S/C23H24FN3O2.C22H22FN3O3/c24-16-4-7-20-19(13-16)21(23(28)26-20)22-18-6-5-17(12-15(18)14-29-22)25-8-11-27-9-2-1-3-10-27;23-15-1-4-19-18(12-15)20(22(27)25-19)21-17-3-2-16(11-14(17)13-29-21)24-5-6-26-7-9-28-10-8-26/h4-7,12-13,25H,1-3,8-11,14H2,(H,26,28);1-4,11-12,24H,5-10,13H2,(H,25,27). The van der Waals surface area contributed by atoms with Crippen molar-refractivity contribution < 1.29 is 32.6 Å². The summed E-state index contributed by atoms with van der Waals surface area (Å²) in [5, 5.41) is 12.5. The lowest BCUT2D eigenvalue weighted by molar-refractivity contribution is -0.111. The molecule has 0 aromatic heterocycles. The summed E-state index contributed by atoms with van der Waals surface area (Å²) >= 11 is 0. The Bertz CT molecular complexity index is 2160. The highest BCUT2D eigenvalue weighted by molar-refractivity contribution is 6.37. The van der Waals surface area contributed by atoms with E-state index < -0.39 is 0 Å². The van der Waals surface area contributed by atoms with E-state index in [0.717, 1.165) is 86.1 Å². The van der Waals surface area contributed by atoms with Crippen LogP contribution in [0.2, 0.25) is 0 Å². The number of fused-ring (bicyclic) bond motifs is 4. The Kier molecular flexibility index (Phi) is 10.8. The van der Waals surface area contributed by atoms with E-state index in [-0.39, 0.29) is 23.4 Å². The topological polar surface area (TPSA) is 116 Å². The molecule has 4 aromatic carbocycles. The molecule has 2 fully saturated rings. The molecule has 0 bridgehead atoms. The highest BCUT2D eigenvalue weighted by Gasteiger charge is 2.34. The summed E-state index contributed by atoms with van der Waals surface area (Å²) in [6, 6.07) is 20.7. The third-order valence-corrected chi connectivity index (χ3v) is 11.4. The van der Waals surface area contributed by atoms with Crippen molar-refractivity contribution in [3.8, 4) is 0 Å². The molecule has 0 saturated carbocycles. The van der Waals surface area contributed by atoms with Gasteiger partial charge >= 0.3 is 0 Å². The van der Waals surface area contributed by atoms with Crippen molar-refractivity contribution in [2.45, 2.75) is 32.5 Å². The number of hydrogen-bond donors (Lipinski definition) is 4. The molecule has 13 heteroatoms. The van der Waals surface area contributed by atoms with Crippen LogP contribution >= 0.6 is 0 Å². The van der Waals surface area contributed by atoms with Crippen molar-refractivity contribution in [2.75, 3.05) is 86.8 Å². The van der Waals surface area contributed by atoms with Crippen LogP contribution in [-0.2, 0) is 37.0 Å². The normalized spacial score (nSPS) is 20.8. The number of carbonyl (C=O) groups excluding carboxylic acids is 2. The fraction of sp³-hybridized carbons (Fsp3) is 0.333. The van der Waals surface area contributed by atoms with Crippen molar-refractivity contribution in [2.24, 2.45) is 0 Å². The van der Waals surface area contributed by atoms with Crippen LogP contribution in [0, 0.1) is 11.6 Å². The van der Waals surface area contributed by atoms with E-state index in [0.29, 0.717) is 58.4 Å². The lowest BCUT2D eigenvalue weighted by atomic mass is 10.00. The highest BCUT2D eigenvalue weighted by Crippen LogP contribution is 2.44. The Morgan fingerprint density at radius 3 is 1.55 bits per heavy atom. The van der Waals surface area contributed by atoms with Crippen LogP contribution in [0.4, 0.5) is 31.5 Å². The number of amides is 2. The Morgan fingerprint density at radius 1 is 0.569 bits per heavy atom. The van der Waals surface area contributed by atoms with Gasteiger partial charge in [-0.05, 0) is 98.7 Å². The minimum absolute atomic E-state index is 0.253. The minimum atomic E-state index is -0.378. The summed E-state index contributed by atoms with van der Waals surface area (Å²) < 4.78 is 44.6. The molecule has 6 aliphatic heterocycles. The zero-order valence-corrected chi connectivity index (χ0v) is 32.2. The first-order valence-electron chi connectivity index (χ1n) is 20.1. The number of carbonyl (C=O) groups is 2. The summed E-state index contributed by atoms with van der Waals surface area (Å²) in [6.07, 6.45) is 3.95. The van der Waals surface area contributed by atoms with Gasteiger partial charge in [0, 0.05) is 95.4 Å². The quantitative estimate of drug-likeness (QED) is 0.140. The van der Waals surface area contributed by atoms with Gasteiger partial charge in [0.25, 0.3) is 11.8 Å². The number of hydrogen-bond acceptors (Lipinski definition) is 9. The number of anilines is 4. The van der Waals surface area contributed by atoms with Crippen molar-refractivity contribution in [1.29, 1.82) is 0 Å². The maximum Gasteiger partial charge on any atom is 0.260 e. The first kappa shape index (κ1) is 37.8. The van der Waals surface area contributed by atoms with Crippen LogP contribution in [0.25, 0.3) is 22.7 Å². The predicted molar refractivity (Wildman–Crippen MR) is 221 cm³/mol. The molecule has 2 saturated heterocycles. The molecule has 0 unspecified atom stereocenters. The Labute approximate surface area is 336 Å². The van der Waals surface area contributed by atoms with E-state index in [1.54, 1.807) is 12.1 Å². The van der Waals surface area contributed by atoms with E-state index in [1.807, 2.05) is 24.3 Å². The number of nitrogens with zero attached hydrogens (tertiary/aromatic N) is 2. The third kappa shape index (κ3) is 7.89. The average molecular weight is 789 g/mol. The second kappa shape index (κ2) is 16.6. The number of ether oxygens (including phenoxy) is 3. The number of rotatable bonds is 8. The molecule has 11 nitrogen and oxygen atoms in total. The van der Waals surface area contributed by atoms with Crippen molar-refractivity contribution >= 4 is 57.2 Å². The number of nitrogens with one attached hydrogen (secondary N) is 4. The Morgan fingerprint density at radius 2 is 1.05 bits per heavy atom. The van der Waals surface area contributed by atoms with Crippen LogP contribution in [0.1, 0.15) is 52.6 Å².